The second kappa shape index (κ2) is 8.63. The quantitative estimate of drug-likeness (QED) is 0.370. The highest BCUT2D eigenvalue weighted by Gasteiger charge is 2.67. The molecule has 4 aromatic rings. The van der Waals surface area contributed by atoms with Crippen molar-refractivity contribution in [2.75, 3.05) is 18.5 Å². The Morgan fingerprint density at radius 3 is 2.29 bits per heavy atom. The molecule has 0 aliphatic carbocycles. The number of esters is 1. The zero-order valence-corrected chi connectivity index (χ0v) is 21.5. The summed E-state index contributed by atoms with van der Waals surface area (Å²) in [5, 5.41) is 0.939. The maximum Gasteiger partial charge on any atom is 0.412 e. The second-order valence-corrected chi connectivity index (χ2v) is 11.1. The average Bonchev–Trinajstić information content (AvgIpc) is 3.61. The van der Waals surface area contributed by atoms with E-state index in [4.69, 9.17) is 9.47 Å². The minimum atomic E-state index is -4.20. The highest BCUT2D eigenvalue weighted by Crippen LogP contribution is 2.57. The Bertz CT molecular complexity index is 1670. The minimum absolute atomic E-state index is 0.0642. The van der Waals surface area contributed by atoms with E-state index in [9.17, 15) is 18.0 Å². The molecule has 0 unspecified atom stereocenters. The lowest BCUT2D eigenvalue weighted by atomic mass is 9.86. The van der Waals surface area contributed by atoms with Gasteiger partial charge in [-0.3, -0.25) is 4.90 Å². The third-order valence-corrected chi connectivity index (χ3v) is 9.33. The molecule has 194 valence electrons. The summed E-state index contributed by atoms with van der Waals surface area (Å²) in [5.41, 5.74) is 0.776. The van der Waals surface area contributed by atoms with Gasteiger partial charge in [0.15, 0.2) is 6.17 Å². The summed E-state index contributed by atoms with van der Waals surface area (Å²) < 4.78 is 42.1. The molecule has 2 aliphatic rings. The number of carbonyl (C=O) groups excluding carboxylic acids is 2. The Morgan fingerprint density at radius 1 is 0.868 bits per heavy atom. The number of amides is 1. The fourth-order valence-corrected chi connectivity index (χ4v) is 7.72. The van der Waals surface area contributed by atoms with E-state index in [0.717, 1.165) is 10.9 Å². The first-order valence-electron chi connectivity index (χ1n) is 12.1. The molecule has 9 nitrogen and oxygen atoms in total. The van der Waals surface area contributed by atoms with Gasteiger partial charge < -0.3 is 14.0 Å². The van der Waals surface area contributed by atoms with Gasteiger partial charge in [0.05, 0.1) is 24.8 Å². The van der Waals surface area contributed by atoms with Crippen molar-refractivity contribution in [2.45, 2.75) is 29.1 Å². The number of benzene rings is 3. The number of hydrogen-bond acceptors (Lipinski definition) is 6. The van der Waals surface area contributed by atoms with Crippen molar-refractivity contribution in [1.82, 2.24) is 9.47 Å². The van der Waals surface area contributed by atoms with Gasteiger partial charge in [0.25, 0.3) is 10.0 Å². The standard InChI is InChI=1S/C28H25N3O6S/c1-36-25(32)24-18-28(29-17-16-19-10-6-8-14-22(19)29)21-13-7-9-15-23(21)31(26(28)30(24)27(33)37-2)38(34,35)20-11-4-3-5-12-20/h3-17,24,26H,18H2,1-2H3/t24-,26-,28-/m0/s1. The lowest BCUT2D eigenvalue weighted by molar-refractivity contribution is -0.145. The first-order valence-corrected chi connectivity index (χ1v) is 13.5. The molecule has 0 radical (unpaired) electrons. The SMILES string of the molecule is COC(=O)[C@@H]1C[C@]2(n3ccc4ccccc43)c3ccccc3N(S(=O)(=O)c3ccccc3)[C@@H]2N1C(=O)OC. The molecule has 0 saturated carbocycles. The van der Waals surface area contributed by atoms with Crippen LogP contribution in [-0.2, 0) is 29.8 Å². The predicted molar refractivity (Wildman–Crippen MR) is 140 cm³/mol. The number of carbonyl (C=O) groups is 2. The van der Waals surface area contributed by atoms with Crippen molar-refractivity contribution in [3.8, 4) is 0 Å². The highest BCUT2D eigenvalue weighted by molar-refractivity contribution is 7.92. The number of rotatable bonds is 4. The maximum atomic E-state index is 14.3. The summed E-state index contributed by atoms with van der Waals surface area (Å²) in [5.74, 6) is -0.657. The van der Waals surface area contributed by atoms with Crippen LogP contribution in [0.2, 0.25) is 0 Å². The predicted octanol–water partition coefficient (Wildman–Crippen LogP) is 3.93. The number of anilines is 1. The van der Waals surface area contributed by atoms with Gasteiger partial charge in [0.1, 0.15) is 11.6 Å². The van der Waals surface area contributed by atoms with Crippen LogP contribution in [0.1, 0.15) is 12.0 Å². The number of aromatic nitrogens is 1. The Balaban J connectivity index is 1.71. The minimum Gasteiger partial charge on any atom is -0.467 e. The van der Waals surface area contributed by atoms with Gasteiger partial charge in [0.2, 0.25) is 0 Å². The van der Waals surface area contributed by atoms with Crippen molar-refractivity contribution >= 4 is 38.7 Å². The number of nitrogens with zero attached hydrogens (tertiary/aromatic N) is 3. The van der Waals surface area contributed by atoms with Gasteiger partial charge in [-0.25, -0.2) is 22.3 Å². The monoisotopic (exact) mass is 531 g/mol. The van der Waals surface area contributed by atoms with Gasteiger partial charge in [-0.15, -0.1) is 0 Å². The molecule has 1 aromatic heterocycles. The van der Waals surface area contributed by atoms with E-state index in [2.05, 4.69) is 0 Å². The summed E-state index contributed by atoms with van der Waals surface area (Å²) in [7, 11) is -1.75. The topological polar surface area (TPSA) is 98.1 Å². The smallest absolute Gasteiger partial charge is 0.412 e. The van der Waals surface area contributed by atoms with Crippen LogP contribution in [0.25, 0.3) is 10.9 Å². The molecule has 3 heterocycles. The molecule has 1 amide bonds. The first-order chi connectivity index (χ1) is 18.4. The molecule has 1 fully saturated rings. The van der Waals surface area contributed by atoms with E-state index in [1.54, 1.807) is 30.3 Å². The van der Waals surface area contributed by atoms with Crippen LogP contribution in [0.5, 0.6) is 0 Å². The van der Waals surface area contributed by atoms with Crippen LogP contribution in [0, 0.1) is 0 Å². The summed E-state index contributed by atoms with van der Waals surface area (Å²) >= 11 is 0. The zero-order valence-electron chi connectivity index (χ0n) is 20.7. The third kappa shape index (κ3) is 3.13. The number of ether oxygens (including phenoxy) is 2. The number of sulfonamides is 1. The van der Waals surface area contributed by atoms with Crippen molar-refractivity contribution in [2.24, 2.45) is 0 Å². The molecule has 1 saturated heterocycles. The normalized spacial score (nSPS) is 22.3. The lowest BCUT2D eigenvalue weighted by Gasteiger charge is -2.38. The fraction of sp³-hybridized carbons (Fsp3) is 0.214. The van der Waals surface area contributed by atoms with Gasteiger partial charge in [-0.05, 0) is 35.7 Å². The van der Waals surface area contributed by atoms with E-state index in [1.807, 2.05) is 53.2 Å². The average molecular weight is 532 g/mol. The largest absolute Gasteiger partial charge is 0.467 e. The number of para-hydroxylation sites is 2. The Morgan fingerprint density at radius 2 is 1.55 bits per heavy atom. The molecule has 6 rings (SSSR count). The lowest BCUT2D eigenvalue weighted by Crippen LogP contribution is -2.57. The van der Waals surface area contributed by atoms with Gasteiger partial charge in [-0.1, -0.05) is 54.6 Å². The molecule has 38 heavy (non-hydrogen) atoms. The molecule has 2 aliphatic heterocycles. The van der Waals surface area contributed by atoms with E-state index < -0.39 is 39.8 Å². The summed E-state index contributed by atoms with van der Waals surface area (Å²) in [4.78, 5) is 27.8. The Hall–Kier alpha value is -4.31. The van der Waals surface area contributed by atoms with Crippen molar-refractivity contribution in [1.29, 1.82) is 0 Å². The third-order valence-electron chi connectivity index (χ3n) is 7.55. The molecule has 3 atom stereocenters. The number of fused-ring (bicyclic) bond motifs is 4. The van der Waals surface area contributed by atoms with Crippen LogP contribution in [0.4, 0.5) is 10.5 Å². The molecule has 10 heteroatoms. The number of likely N-dealkylation sites (tertiary alicyclic amines) is 1. The summed E-state index contributed by atoms with van der Waals surface area (Å²) in [6, 6.07) is 23.8. The van der Waals surface area contributed by atoms with E-state index in [-0.39, 0.29) is 11.3 Å². The molecule has 0 bridgehead atoms. The van der Waals surface area contributed by atoms with Gasteiger partial charge >= 0.3 is 12.1 Å². The van der Waals surface area contributed by atoms with Crippen LogP contribution >= 0.6 is 0 Å². The van der Waals surface area contributed by atoms with Crippen molar-refractivity contribution in [3.05, 3.63) is 96.7 Å². The molecule has 3 aromatic carbocycles. The maximum absolute atomic E-state index is 14.3. The Labute approximate surface area is 219 Å². The van der Waals surface area contributed by atoms with Crippen LogP contribution in [0.3, 0.4) is 0 Å². The summed E-state index contributed by atoms with van der Waals surface area (Å²) in [6.07, 6.45) is -0.0275. The van der Waals surface area contributed by atoms with Crippen LogP contribution in [-0.4, -0.2) is 56.4 Å². The molecule has 0 spiro atoms. The summed E-state index contributed by atoms with van der Waals surface area (Å²) in [6.45, 7) is 0. The van der Waals surface area contributed by atoms with Gasteiger partial charge in [-0.2, -0.15) is 0 Å². The van der Waals surface area contributed by atoms with Crippen LogP contribution in [0.15, 0.2) is 96.0 Å². The van der Waals surface area contributed by atoms with Crippen molar-refractivity contribution in [3.63, 3.8) is 0 Å². The second-order valence-electron chi connectivity index (χ2n) is 9.29. The zero-order chi connectivity index (χ0) is 26.7. The van der Waals surface area contributed by atoms with Crippen molar-refractivity contribution < 1.29 is 27.5 Å². The first kappa shape index (κ1) is 24.1. The van der Waals surface area contributed by atoms with Crippen LogP contribution < -0.4 is 4.31 Å². The fourth-order valence-electron chi connectivity index (χ4n) is 6.03. The van der Waals surface area contributed by atoms with E-state index in [1.165, 1.54) is 35.6 Å². The van der Waals surface area contributed by atoms with E-state index >= 15 is 0 Å². The van der Waals surface area contributed by atoms with Gasteiger partial charge in [0, 0.05) is 23.7 Å². The molecular formula is C28H25N3O6S. The molecule has 0 N–H and O–H groups in total. The Kier molecular flexibility index (Phi) is 5.46. The molecular weight excluding hydrogens is 506 g/mol. The number of methoxy groups -OCH3 is 2. The highest BCUT2D eigenvalue weighted by atomic mass is 32.2. The number of hydrogen-bond donors (Lipinski definition) is 0. The van der Waals surface area contributed by atoms with E-state index in [0.29, 0.717) is 11.3 Å².